The Morgan fingerprint density at radius 1 is 1.31 bits per heavy atom. The van der Waals surface area contributed by atoms with E-state index in [1.807, 2.05) is 6.07 Å². The monoisotopic (exact) mass is 216 g/mol. The van der Waals surface area contributed by atoms with Crippen LogP contribution in [0.2, 0.25) is 0 Å². The van der Waals surface area contributed by atoms with Gasteiger partial charge in [0.2, 0.25) is 0 Å². The number of benzene rings is 1. The molecule has 84 valence electrons. The third-order valence-electron chi connectivity index (χ3n) is 2.95. The molecule has 0 bridgehead atoms. The SMILES string of the molecule is COc1ccc2c(c1)C/C(=C\C(C)=O)CC2. The predicted octanol–water partition coefficient (Wildman–Crippen LogP) is 2.70. The lowest BCUT2D eigenvalue weighted by atomic mass is 9.87. The number of methoxy groups -OCH3 is 1. The van der Waals surface area contributed by atoms with E-state index in [0.29, 0.717) is 0 Å². The highest BCUT2D eigenvalue weighted by Crippen LogP contribution is 2.28. The molecule has 16 heavy (non-hydrogen) atoms. The summed E-state index contributed by atoms with van der Waals surface area (Å²) in [4.78, 5) is 11.0. The molecule has 0 amide bonds. The van der Waals surface area contributed by atoms with Crippen LogP contribution in [0.5, 0.6) is 5.75 Å². The van der Waals surface area contributed by atoms with Gasteiger partial charge in [-0.2, -0.15) is 0 Å². The number of fused-ring (bicyclic) bond motifs is 1. The second kappa shape index (κ2) is 4.52. The fourth-order valence-corrected chi connectivity index (χ4v) is 2.18. The fourth-order valence-electron chi connectivity index (χ4n) is 2.18. The maximum Gasteiger partial charge on any atom is 0.152 e. The zero-order valence-electron chi connectivity index (χ0n) is 9.75. The third kappa shape index (κ3) is 2.32. The Morgan fingerprint density at radius 2 is 2.12 bits per heavy atom. The summed E-state index contributed by atoms with van der Waals surface area (Å²) in [6.07, 6.45) is 4.67. The second-order valence-electron chi connectivity index (χ2n) is 4.22. The molecule has 0 N–H and O–H groups in total. The minimum atomic E-state index is 0.140. The summed E-state index contributed by atoms with van der Waals surface area (Å²) in [5.74, 6) is 1.03. The maximum atomic E-state index is 11.0. The molecule has 1 aliphatic carbocycles. The van der Waals surface area contributed by atoms with Crippen LogP contribution in [0.15, 0.2) is 29.8 Å². The predicted molar refractivity (Wildman–Crippen MR) is 63.8 cm³/mol. The molecule has 0 aliphatic heterocycles. The van der Waals surface area contributed by atoms with Crippen molar-refractivity contribution in [3.05, 3.63) is 41.0 Å². The maximum absolute atomic E-state index is 11.0. The van der Waals surface area contributed by atoms with E-state index in [9.17, 15) is 4.79 Å². The lowest BCUT2D eigenvalue weighted by Gasteiger charge is -2.19. The molecule has 2 rings (SSSR count). The van der Waals surface area contributed by atoms with Crippen LogP contribution in [0.25, 0.3) is 0 Å². The highest BCUT2D eigenvalue weighted by atomic mass is 16.5. The van der Waals surface area contributed by atoms with E-state index >= 15 is 0 Å². The van der Waals surface area contributed by atoms with Crippen LogP contribution in [-0.2, 0) is 17.6 Å². The third-order valence-corrected chi connectivity index (χ3v) is 2.95. The van der Waals surface area contributed by atoms with Gasteiger partial charge in [0.15, 0.2) is 5.78 Å². The zero-order valence-corrected chi connectivity index (χ0v) is 9.75. The summed E-state index contributed by atoms with van der Waals surface area (Å²) < 4.78 is 5.21. The Balaban J connectivity index is 2.28. The van der Waals surface area contributed by atoms with Gasteiger partial charge in [0.1, 0.15) is 5.75 Å². The molecule has 0 spiro atoms. The van der Waals surface area contributed by atoms with Gasteiger partial charge in [-0.15, -0.1) is 0 Å². The quantitative estimate of drug-likeness (QED) is 0.710. The van der Waals surface area contributed by atoms with Crippen molar-refractivity contribution >= 4 is 5.78 Å². The van der Waals surface area contributed by atoms with E-state index in [1.165, 1.54) is 16.7 Å². The number of allylic oxidation sites excluding steroid dienone is 2. The summed E-state index contributed by atoms with van der Waals surface area (Å²) >= 11 is 0. The highest BCUT2D eigenvalue weighted by Gasteiger charge is 2.13. The Morgan fingerprint density at radius 3 is 2.81 bits per heavy atom. The van der Waals surface area contributed by atoms with Crippen molar-refractivity contribution in [2.75, 3.05) is 7.11 Å². The first kappa shape index (κ1) is 10.9. The first-order valence-corrected chi connectivity index (χ1v) is 5.55. The average Bonchev–Trinajstić information content (AvgIpc) is 2.27. The van der Waals surface area contributed by atoms with Crippen molar-refractivity contribution in [3.8, 4) is 5.75 Å². The van der Waals surface area contributed by atoms with Gasteiger partial charge >= 0.3 is 0 Å². The van der Waals surface area contributed by atoms with Gasteiger partial charge in [-0.1, -0.05) is 11.6 Å². The molecule has 0 unspecified atom stereocenters. The molecule has 1 aromatic carbocycles. The highest BCUT2D eigenvalue weighted by molar-refractivity contribution is 5.88. The van der Waals surface area contributed by atoms with E-state index in [0.717, 1.165) is 25.0 Å². The largest absolute Gasteiger partial charge is 0.497 e. The average molecular weight is 216 g/mol. The van der Waals surface area contributed by atoms with Crippen LogP contribution in [0.1, 0.15) is 24.5 Å². The van der Waals surface area contributed by atoms with Crippen LogP contribution in [0.4, 0.5) is 0 Å². The topological polar surface area (TPSA) is 26.3 Å². The number of ether oxygens (including phenoxy) is 1. The lowest BCUT2D eigenvalue weighted by Crippen LogP contribution is -2.07. The molecule has 0 aromatic heterocycles. The zero-order chi connectivity index (χ0) is 11.5. The van der Waals surface area contributed by atoms with Crippen molar-refractivity contribution in [2.45, 2.75) is 26.2 Å². The molecule has 0 heterocycles. The Labute approximate surface area is 95.9 Å². The molecule has 0 radical (unpaired) electrons. The van der Waals surface area contributed by atoms with Gasteiger partial charge < -0.3 is 4.74 Å². The molecule has 0 saturated carbocycles. The normalized spacial score (nSPS) is 17.0. The standard InChI is InChI=1S/C14H16O2/c1-10(15)7-11-3-4-12-5-6-14(16-2)9-13(12)8-11/h5-7,9H,3-4,8H2,1-2H3/b11-7-. The van der Waals surface area contributed by atoms with Crippen molar-refractivity contribution in [1.82, 2.24) is 0 Å². The van der Waals surface area contributed by atoms with Crippen LogP contribution in [0, 0.1) is 0 Å². The molecule has 1 aromatic rings. The molecule has 0 fully saturated rings. The van der Waals surface area contributed by atoms with Gasteiger partial charge in [0.25, 0.3) is 0 Å². The first-order chi connectivity index (χ1) is 7.69. The lowest BCUT2D eigenvalue weighted by molar-refractivity contribution is -0.112. The van der Waals surface area contributed by atoms with Crippen molar-refractivity contribution < 1.29 is 9.53 Å². The summed E-state index contributed by atoms with van der Waals surface area (Å²) in [6.45, 7) is 1.61. The number of ketones is 1. The van der Waals surface area contributed by atoms with Crippen molar-refractivity contribution in [2.24, 2.45) is 0 Å². The van der Waals surface area contributed by atoms with Gasteiger partial charge in [-0.3, -0.25) is 4.79 Å². The number of hydrogen-bond donors (Lipinski definition) is 0. The molecule has 2 heteroatoms. The molecule has 0 saturated heterocycles. The Kier molecular flexibility index (Phi) is 3.09. The van der Waals surface area contributed by atoms with E-state index < -0.39 is 0 Å². The van der Waals surface area contributed by atoms with Crippen LogP contribution < -0.4 is 4.74 Å². The van der Waals surface area contributed by atoms with Gasteiger partial charge in [0, 0.05) is 0 Å². The van der Waals surface area contributed by atoms with Crippen molar-refractivity contribution in [1.29, 1.82) is 0 Å². The van der Waals surface area contributed by atoms with Gasteiger partial charge in [-0.05, 0) is 55.5 Å². The first-order valence-electron chi connectivity index (χ1n) is 5.55. The fraction of sp³-hybridized carbons (Fsp3) is 0.357. The van der Waals surface area contributed by atoms with Crippen LogP contribution in [-0.4, -0.2) is 12.9 Å². The summed E-state index contributed by atoms with van der Waals surface area (Å²) in [5.41, 5.74) is 3.90. The Hall–Kier alpha value is -1.57. The molecule has 2 nitrogen and oxygen atoms in total. The second-order valence-corrected chi connectivity index (χ2v) is 4.22. The van der Waals surface area contributed by atoms with E-state index in [2.05, 4.69) is 12.1 Å². The summed E-state index contributed by atoms with van der Waals surface area (Å²) in [6, 6.07) is 6.19. The number of hydrogen-bond acceptors (Lipinski definition) is 2. The summed E-state index contributed by atoms with van der Waals surface area (Å²) in [7, 11) is 1.68. The Bertz CT molecular complexity index is 444. The molecular weight excluding hydrogens is 200 g/mol. The van der Waals surface area contributed by atoms with Crippen LogP contribution >= 0.6 is 0 Å². The minimum absolute atomic E-state index is 0.140. The van der Waals surface area contributed by atoms with E-state index in [4.69, 9.17) is 4.74 Å². The molecular formula is C14H16O2. The van der Waals surface area contributed by atoms with Crippen LogP contribution in [0.3, 0.4) is 0 Å². The number of carbonyl (C=O) groups excluding carboxylic acids is 1. The van der Waals surface area contributed by atoms with Gasteiger partial charge in [0.05, 0.1) is 7.11 Å². The van der Waals surface area contributed by atoms with E-state index in [-0.39, 0.29) is 5.78 Å². The number of rotatable bonds is 2. The summed E-state index contributed by atoms with van der Waals surface area (Å²) in [5, 5.41) is 0. The molecule has 1 aliphatic rings. The van der Waals surface area contributed by atoms with Gasteiger partial charge in [-0.25, -0.2) is 0 Å². The number of carbonyl (C=O) groups is 1. The molecule has 0 atom stereocenters. The number of aryl methyl sites for hydroxylation is 1. The van der Waals surface area contributed by atoms with Crippen molar-refractivity contribution in [3.63, 3.8) is 0 Å². The minimum Gasteiger partial charge on any atom is -0.497 e. The smallest absolute Gasteiger partial charge is 0.152 e. The van der Waals surface area contributed by atoms with E-state index in [1.54, 1.807) is 20.1 Å².